The van der Waals surface area contributed by atoms with Gasteiger partial charge in [0.2, 0.25) is 5.91 Å². The van der Waals surface area contributed by atoms with E-state index in [1.807, 2.05) is 17.0 Å². The minimum Gasteiger partial charge on any atom is -0.467 e. The zero-order valence-corrected chi connectivity index (χ0v) is 13.9. The molecule has 1 aliphatic heterocycles. The monoisotopic (exact) mass is 339 g/mol. The van der Waals surface area contributed by atoms with Crippen LogP contribution in [0, 0.1) is 0 Å². The van der Waals surface area contributed by atoms with E-state index in [0.29, 0.717) is 25.3 Å². The molecule has 6 heteroatoms. The van der Waals surface area contributed by atoms with Crippen LogP contribution in [-0.2, 0) is 24.2 Å². The highest BCUT2D eigenvalue weighted by molar-refractivity contribution is 5.82. The summed E-state index contributed by atoms with van der Waals surface area (Å²) in [6.07, 6.45) is 3.74. The van der Waals surface area contributed by atoms with Crippen molar-refractivity contribution < 1.29 is 14.0 Å². The van der Waals surface area contributed by atoms with E-state index >= 15 is 0 Å². The first-order valence-corrected chi connectivity index (χ1v) is 8.62. The molecule has 2 aliphatic rings. The first-order valence-electron chi connectivity index (χ1n) is 8.62. The molecule has 1 fully saturated rings. The van der Waals surface area contributed by atoms with E-state index in [-0.39, 0.29) is 24.0 Å². The highest BCUT2D eigenvalue weighted by Gasteiger charge is 2.37. The Bertz CT molecular complexity index is 747. The third-order valence-electron chi connectivity index (χ3n) is 4.97. The van der Waals surface area contributed by atoms with Gasteiger partial charge in [-0.25, -0.2) is 4.79 Å². The van der Waals surface area contributed by atoms with Crippen LogP contribution >= 0.6 is 0 Å². The maximum absolute atomic E-state index is 12.4. The topological polar surface area (TPSA) is 74.6 Å². The van der Waals surface area contributed by atoms with E-state index in [1.165, 1.54) is 11.1 Å². The molecule has 2 N–H and O–H groups in total. The first-order chi connectivity index (χ1) is 12.2. The summed E-state index contributed by atoms with van der Waals surface area (Å²) >= 11 is 0. The molecule has 1 saturated heterocycles. The largest absolute Gasteiger partial charge is 0.467 e. The molecule has 0 bridgehead atoms. The number of nitrogens with zero attached hydrogens (tertiary/aromatic N) is 1. The molecule has 0 unspecified atom stereocenters. The van der Waals surface area contributed by atoms with Crippen molar-refractivity contribution in [2.24, 2.45) is 0 Å². The van der Waals surface area contributed by atoms with Crippen LogP contribution in [0.25, 0.3) is 0 Å². The highest BCUT2D eigenvalue weighted by Crippen LogP contribution is 2.28. The molecule has 2 heterocycles. The molecule has 6 nitrogen and oxygen atoms in total. The smallest absolute Gasteiger partial charge is 0.315 e. The number of furan rings is 1. The van der Waals surface area contributed by atoms with Gasteiger partial charge in [-0.15, -0.1) is 0 Å². The quantitative estimate of drug-likeness (QED) is 0.893. The van der Waals surface area contributed by atoms with Gasteiger partial charge in [0.1, 0.15) is 5.76 Å². The normalized spacial score (nSPS) is 19.9. The predicted molar refractivity (Wildman–Crippen MR) is 91.8 cm³/mol. The maximum atomic E-state index is 12.4. The van der Waals surface area contributed by atoms with Crippen LogP contribution in [0.2, 0.25) is 0 Å². The summed E-state index contributed by atoms with van der Waals surface area (Å²) in [4.78, 5) is 26.3. The van der Waals surface area contributed by atoms with Crippen LogP contribution in [-0.4, -0.2) is 35.5 Å². The van der Waals surface area contributed by atoms with Crippen LogP contribution in [0.5, 0.6) is 0 Å². The minimum absolute atomic E-state index is 0.120. The lowest BCUT2D eigenvalue weighted by molar-refractivity contribution is -0.129. The van der Waals surface area contributed by atoms with Gasteiger partial charge in [0.05, 0.1) is 18.8 Å². The number of rotatable bonds is 4. The number of hydrogen-bond donors (Lipinski definition) is 2. The van der Waals surface area contributed by atoms with Gasteiger partial charge < -0.3 is 20.0 Å². The van der Waals surface area contributed by atoms with Crippen LogP contribution in [0.3, 0.4) is 0 Å². The van der Waals surface area contributed by atoms with Gasteiger partial charge in [0, 0.05) is 19.0 Å². The summed E-state index contributed by atoms with van der Waals surface area (Å²) in [6.45, 7) is 0.910. The molecule has 1 aromatic carbocycles. The average molecular weight is 339 g/mol. The van der Waals surface area contributed by atoms with Gasteiger partial charge in [0.25, 0.3) is 0 Å². The number of likely N-dealkylation sites (tertiary alicyclic amines) is 1. The predicted octanol–water partition coefficient (Wildman–Crippen LogP) is 1.85. The molecule has 2 aromatic rings. The number of hydrogen-bond acceptors (Lipinski definition) is 3. The molecular weight excluding hydrogens is 318 g/mol. The van der Waals surface area contributed by atoms with Crippen LogP contribution in [0.4, 0.5) is 4.79 Å². The van der Waals surface area contributed by atoms with Crippen LogP contribution in [0.1, 0.15) is 23.3 Å². The summed E-state index contributed by atoms with van der Waals surface area (Å²) in [5.41, 5.74) is 2.65. The number of carbonyl (C=O) groups excluding carboxylic acids is 2. The highest BCUT2D eigenvalue weighted by atomic mass is 16.3. The number of benzene rings is 1. The Kier molecular flexibility index (Phi) is 4.17. The van der Waals surface area contributed by atoms with Gasteiger partial charge in [-0.05, 0) is 36.1 Å². The van der Waals surface area contributed by atoms with E-state index in [0.717, 1.165) is 12.8 Å². The molecule has 0 radical (unpaired) electrons. The second-order valence-corrected chi connectivity index (χ2v) is 6.68. The molecule has 1 aliphatic carbocycles. The first kappa shape index (κ1) is 15.7. The van der Waals surface area contributed by atoms with Gasteiger partial charge in [-0.1, -0.05) is 24.3 Å². The van der Waals surface area contributed by atoms with Crippen molar-refractivity contribution in [2.75, 3.05) is 6.54 Å². The van der Waals surface area contributed by atoms with Crippen molar-refractivity contribution in [1.82, 2.24) is 15.5 Å². The van der Waals surface area contributed by atoms with Crippen molar-refractivity contribution in [1.29, 1.82) is 0 Å². The Morgan fingerprint density at radius 3 is 2.56 bits per heavy atom. The fourth-order valence-corrected chi connectivity index (χ4v) is 3.75. The third-order valence-corrected chi connectivity index (χ3v) is 4.97. The summed E-state index contributed by atoms with van der Waals surface area (Å²) in [7, 11) is 0. The van der Waals surface area contributed by atoms with Crippen molar-refractivity contribution in [2.45, 2.75) is 37.9 Å². The number of amides is 3. The average Bonchev–Trinajstić information content (AvgIpc) is 3.32. The Labute approximate surface area is 146 Å². The lowest BCUT2D eigenvalue weighted by atomic mass is 10.1. The molecule has 1 aromatic heterocycles. The van der Waals surface area contributed by atoms with Gasteiger partial charge in [-0.2, -0.15) is 0 Å². The maximum Gasteiger partial charge on any atom is 0.315 e. The number of urea groups is 1. The number of nitrogens with one attached hydrogen (secondary N) is 2. The summed E-state index contributed by atoms with van der Waals surface area (Å²) < 4.78 is 5.18. The fraction of sp³-hybridized carbons (Fsp3) is 0.368. The summed E-state index contributed by atoms with van der Waals surface area (Å²) in [5.74, 6) is 0.817. The van der Waals surface area contributed by atoms with Gasteiger partial charge in [0.15, 0.2) is 0 Å². The fourth-order valence-electron chi connectivity index (χ4n) is 3.75. The van der Waals surface area contributed by atoms with E-state index in [2.05, 4.69) is 22.8 Å². The van der Waals surface area contributed by atoms with Crippen molar-refractivity contribution in [3.05, 3.63) is 59.5 Å². The second-order valence-electron chi connectivity index (χ2n) is 6.68. The molecular formula is C19H21N3O3. The van der Waals surface area contributed by atoms with Gasteiger partial charge >= 0.3 is 6.03 Å². The Morgan fingerprint density at radius 1 is 1.12 bits per heavy atom. The summed E-state index contributed by atoms with van der Waals surface area (Å²) in [6, 6.07) is 11.7. The molecule has 25 heavy (non-hydrogen) atoms. The van der Waals surface area contributed by atoms with Gasteiger partial charge in [-0.3, -0.25) is 4.79 Å². The van der Waals surface area contributed by atoms with E-state index in [1.54, 1.807) is 18.4 Å². The van der Waals surface area contributed by atoms with Crippen molar-refractivity contribution in [3.8, 4) is 0 Å². The van der Waals surface area contributed by atoms with Crippen LogP contribution in [0.15, 0.2) is 47.1 Å². The molecule has 130 valence electrons. The lowest BCUT2D eigenvalue weighted by Gasteiger charge is -2.24. The molecule has 4 rings (SSSR count). The summed E-state index contributed by atoms with van der Waals surface area (Å²) in [5, 5.41) is 5.64. The molecule has 3 amide bonds. The van der Waals surface area contributed by atoms with Crippen LogP contribution < -0.4 is 10.6 Å². The molecule has 1 atom stereocenters. The molecule has 0 saturated carbocycles. The van der Waals surface area contributed by atoms with E-state index in [4.69, 9.17) is 4.42 Å². The van der Waals surface area contributed by atoms with Crippen molar-refractivity contribution in [3.63, 3.8) is 0 Å². The lowest BCUT2D eigenvalue weighted by Crippen LogP contribution is -2.44. The Balaban J connectivity index is 1.30. The standard InChI is InChI=1S/C19H21N3O3/c23-18-10-15(21-19(24)20-11-17-6-3-7-25-17)12-22(18)16-8-13-4-1-2-5-14(13)9-16/h1-7,15-16H,8-12H2,(H2,20,21,24)/t15-/m1/s1. The number of carbonyl (C=O) groups is 2. The Hall–Kier alpha value is -2.76. The second kappa shape index (κ2) is 6.63. The zero-order valence-electron chi connectivity index (χ0n) is 13.9. The minimum atomic E-state index is -0.272. The van der Waals surface area contributed by atoms with E-state index in [9.17, 15) is 9.59 Å². The SMILES string of the molecule is O=C(NCc1ccco1)N[C@@H]1CC(=O)N(C2Cc3ccccc3C2)C1. The molecule has 0 spiro atoms. The Morgan fingerprint density at radius 2 is 1.88 bits per heavy atom. The zero-order chi connectivity index (χ0) is 17.2. The third kappa shape index (κ3) is 3.38. The number of fused-ring (bicyclic) bond motifs is 1. The van der Waals surface area contributed by atoms with Crippen molar-refractivity contribution >= 4 is 11.9 Å². The van der Waals surface area contributed by atoms with E-state index < -0.39 is 0 Å².